The summed E-state index contributed by atoms with van der Waals surface area (Å²) in [7, 11) is 1.63. The lowest BCUT2D eigenvalue weighted by Crippen LogP contribution is -2.43. The first kappa shape index (κ1) is 15.3. The molecule has 6 heteroatoms. The number of carbonyl (C=O) groups excluding carboxylic acids is 1. The SMILES string of the molecule is CN(CC(C)(CO)CO)C(=O)Nc1ccc2[nH]ccc2c1. The van der Waals surface area contributed by atoms with Gasteiger partial charge in [0.25, 0.3) is 0 Å². The summed E-state index contributed by atoms with van der Waals surface area (Å²) in [5.41, 5.74) is 1.000. The molecule has 1 aromatic heterocycles. The summed E-state index contributed by atoms with van der Waals surface area (Å²) in [6.07, 6.45) is 1.84. The molecule has 0 saturated carbocycles. The van der Waals surface area contributed by atoms with E-state index >= 15 is 0 Å². The second kappa shape index (κ2) is 6.15. The molecule has 0 radical (unpaired) electrons. The number of H-pyrrole nitrogens is 1. The van der Waals surface area contributed by atoms with Crippen LogP contribution in [0.5, 0.6) is 0 Å². The number of urea groups is 1. The van der Waals surface area contributed by atoms with Crippen molar-refractivity contribution in [1.82, 2.24) is 9.88 Å². The van der Waals surface area contributed by atoms with Crippen LogP contribution in [0, 0.1) is 5.41 Å². The predicted molar refractivity (Wildman–Crippen MR) is 82.2 cm³/mol. The Hall–Kier alpha value is -2.05. The van der Waals surface area contributed by atoms with E-state index in [1.54, 1.807) is 14.0 Å². The van der Waals surface area contributed by atoms with Crippen LogP contribution in [-0.2, 0) is 0 Å². The topological polar surface area (TPSA) is 88.6 Å². The summed E-state index contributed by atoms with van der Waals surface area (Å²) < 4.78 is 0. The average molecular weight is 291 g/mol. The van der Waals surface area contributed by atoms with Crippen molar-refractivity contribution >= 4 is 22.6 Å². The zero-order valence-electron chi connectivity index (χ0n) is 12.3. The van der Waals surface area contributed by atoms with E-state index in [0.717, 1.165) is 10.9 Å². The fraction of sp³-hybridized carbons (Fsp3) is 0.400. The summed E-state index contributed by atoms with van der Waals surface area (Å²) in [5, 5.41) is 22.4. The first-order chi connectivity index (χ1) is 9.97. The highest BCUT2D eigenvalue weighted by molar-refractivity contribution is 5.92. The number of anilines is 1. The molecule has 1 aromatic carbocycles. The van der Waals surface area contributed by atoms with Crippen LogP contribution in [0.25, 0.3) is 10.9 Å². The van der Waals surface area contributed by atoms with Crippen molar-refractivity contribution in [2.24, 2.45) is 5.41 Å². The summed E-state index contributed by atoms with van der Waals surface area (Å²) in [4.78, 5) is 16.7. The van der Waals surface area contributed by atoms with Crippen LogP contribution in [0.3, 0.4) is 0 Å². The molecule has 1 heterocycles. The van der Waals surface area contributed by atoms with Gasteiger partial charge in [-0.05, 0) is 24.3 Å². The number of nitrogens with zero attached hydrogens (tertiary/aromatic N) is 1. The second-order valence-corrected chi connectivity index (χ2v) is 5.69. The van der Waals surface area contributed by atoms with Gasteiger partial charge in [0.1, 0.15) is 0 Å². The summed E-state index contributed by atoms with van der Waals surface area (Å²) in [6.45, 7) is 1.62. The zero-order valence-corrected chi connectivity index (χ0v) is 12.3. The van der Waals surface area contributed by atoms with E-state index in [9.17, 15) is 15.0 Å². The maximum Gasteiger partial charge on any atom is 0.321 e. The van der Waals surface area contributed by atoms with Crippen molar-refractivity contribution in [1.29, 1.82) is 0 Å². The van der Waals surface area contributed by atoms with Crippen molar-refractivity contribution in [2.75, 3.05) is 32.1 Å². The molecule has 0 bridgehead atoms. The Bertz CT molecular complexity index is 619. The van der Waals surface area contributed by atoms with Crippen LogP contribution < -0.4 is 5.32 Å². The van der Waals surface area contributed by atoms with Gasteiger partial charge in [0, 0.05) is 41.8 Å². The fourth-order valence-electron chi connectivity index (χ4n) is 2.14. The zero-order chi connectivity index (χ0) is 15.5. The number of aliphatic hydroxyl groups is 2. The van der Waals surface area contributed by atoms with Gasteiger partial charge in [-0.2, -0.15) is 0 Å². The Kier molecular flexibility index (Phi) is 4.50. The van der Waals surface area contributed by atoms with E-state index < -0.39 is 5.41 Å². The molecule has 0 fully saturated rings. The maximum atomic E-state index is 12.1. The third-order valence-electron chi connectivity index (χ3n) is 3.53. The van der Waals surface area contributed by atoms with Crippen LogP contribution >= 0.6 is 0 Å². The van der Waals surface area contributed by atoms with E-state index in [0.29, 0.717) is 5.69 Å². The minimum atomic E-state index is -0.712. The molecule has 0 saturated heterocycles. The number of aromatic amines is 1. The lowest BCUT2D eigenvalue weighted by Gasteiger charge is -2.30. The number of aromatic nitrogens is 1. The average Bonchev–Trinajstić information content (AvgIpc) is 2.94. The van der Waals surface area contributed by atoms with E-state index in [4.69, 9.17) is 0 Å². The highest BCUT2D eigenvalue weighted by atomic mass is 16.3. The molecule has 114 valence electrons. The molecule has 0 aliphatic rings. The van der Waals surface area contributed by atoms with Crippen molar-refractivity contribution in [3.05, 3.63) is 30.5 Å². The number of aliphatic hydroxyl groups excluding tert-OH is 2. The van der Waals surface area contributed by atoms with Gasteiger partial charge < -0.3 is 25.4 Å². The van der Waals surface area contributed by atoms with Crippen molar-refractivity contribution in [3.8, 4) is 0 Å². The van der Waals surface area contributed by atoms with Gasteiger partial charge in [-0.25, -0.2) is 4.79 Å². The van der Waals surface area contributed by atoms with E-state index in [2.05, 4.69) is 10.3 Å². The molecule has 4 N–H and O–H groups in total. The third kappa shape index (κ3) is 3.53. The van der Waals surface area contributed by atoms with Gasteiger partial charge in [0.15, 0.2) is 0 Å². The molecule has 0 aliphatic heterocycles. The number of hydrogen-bond acceptors (Lipinski definition) is 3. The summed E-state index contributed by atoms with van der Waals surface area (Å²) in [5.74, 6) is 0. The van der Waals surface area contributed by atoms with E-state index in [-0.39, 0.29) is 25.8 Å². The molecule has 0 unspecified atom stereocenters. The summed E-state index contributed by atoms with van der Waals surface area (Å²) in [6, 6.07) is 7.26. The Morgan fingerprint density at radius 1 is 1.33 bits per heavy atom. The molecular formula is C15H21N3O3. The number of carbonyl (C=O) groups is 1. The number of rotatable bonds is 5. The summed E-state index contributed by atoms with van der Waals surface area (Å²) >= 11 is 0. The molecule has 0 spiro atoms. The van der Waals surface area contributed by atoms with Crippen molar-refractivity contribution < 1.29 is 15.0 Å². The first-order valence-electron chi connectivity index (χ1n) is 6.78. The van der Waals surface area contributed by atoms with Gasteiger partial charge in [0.2, 0.25) is 0 Å². The number of benzene rings is 1. The largest absolute Gasteiger partial charge is 0.396 e. The minimum Gasteiger partial charge on any atom is -0.396 e. The lowest BCUT2D eigenvalue weighted by molar-refractivity contribution is 0.0509. The van der Waals surface area contributed by atoms with Crippen LogP contribution in [0.15, 0.2) is 30.5 Å². The molecular weight excluding hydrogens is 270 g/mol. The highest BCUT2D eigenvalue weighted by Gasteiger charge is 2.26. The Morgan fingerprint density at radius 2 is 2.05 bits per heavy atom. The van der Waals surface area contributed by atoms with Crippen molar-refractivity contribution in [2.45, 2.75) is 6.92 Å². The van der Waals surface area contributed by atoms with Crippen LogP contribution in [0.2, 0.25) is 0 Å². The molecule has 6 nitrogen and oxygen atoms in total. The smallest absolute Gasteiger partial charge is 0.321 e. The maximum absolute atomic E-state index is 12.1. The number of nitrogens with one attached hydrogen (secondary N) is 2. The Balaban J connectivity index is 2.03. The minimum absolute atomic E-state index is 0.184. The highest BCUT2D eigenvalue weighted by Crippen LogP contribution is 2.19. The molecule has 2 aromatic rings. The molecule has 2 rings (SSSR count). The number of fused-ring (bicyclic) bond motifs is 1. The molecule has 0 aliphatic carbocycles. The van der Waals surface area contributed by atoms with Crippen molar-refractivity contribution in [3.63, 3.8) is 0 Å². The molecule has 0 atom stereocenters. The Morgan fingerprint density at radius 3 is 2.71 bits per heavy atom. The van der Waals surface area contributed by atoms with Gasteiger partial charge in [-0.3, -0.25) is 0 Å². The number of hydrogen-bond donors (Lipinski definition) is 4. The van der Waals surface area contributed by atoms with Gasteiger partial charge in [-0.15, -0.1) is 0 Å². The van der Waals surface area contributed by atoms with E-state index in [1.165, 1.54) is 4.90 Å². The van der Waals surface area contributed by atoms with E-state index in [1.807, 2.05) is 30.5 Å². The second-order valence-electron chi connectivity index (χ2n) is 5.69. The van der Waals surface area contributed by atoms with Crippen LogP contribution in [-0.4, -0.2) is 52.9 Å². The van der Waals surface area contributed by atoms with Gasteiger partial charge in [-0.1, -0.05) is 6.92 Å². The third-order valence-corrected chi connectivity index (χ3v) is 3.53. The van der Waals surface area contributed by atoms with Gasteiger partial charge >= 0.3 is 6.03 Å². The van der Waals surface area contributed by atoms with Gasteiger partial charge in [0.05, 0.1) is 13.2 Å². The van der Waals surface area contributed by atoms with Crippen LogP contribution in [0.4, 0.5) is 10.5 Å². The fourth-order valence-corrected chi connectivity index (χ4v) is 2.14. The number of amides is 2. The standard InChI is InChI=1S/C15H21N3O3/c1-15(9-19,10-20)8-18(2)14(21)17-12-3-4-13-11(7-12)5-6-16-13/h3-7,16,19-20H,8-10H2,1-2H3,(H,17,21). The predicted octanol–water partition coefficient (Wildman–Crippen LogP) is 1.62. The quantitative estimate of drug-likeness (QED) is 0.675. The first-order valence-corrected chi connectivity index (χ1v) is 6.78. The normalized spacial score (nSPS) is 11.6. The Labute approximate surface area is 123 Å². The monoisotopic (exact) mass is 291 g/mol. The molecule has 2 amide bonds. The molecule has 21 heavy (non-hydrogen) atoms. The lowest BCUT2D eigenvalue weighted by atomic mass is 9.92. The van der Waals surface area contributed by atoms with Crippen LogP contribution in [0.1, 0.15) is 6.92 Å².